The average Bonchev–Trinajstić information content (AvgIpc) is 3.03. The van der Waals surface area contributed by atoms with Gasteiger partial charge in [-0.05, 0) is 69.0 Å². The summed E-state index contributed by atoms with van der Waals surface area (Å²) < 4.78 is 29.2. The zero-order chi connectivity index (χ0) is 22.4. The third-order valence-electron chi connectivity index (χ3n) is 6.67. The molecule has 1 aliphatic heterocycles. The van der Waals surface area contributed by atoms with Crippen molar-refractivity contribution in [1.29, 1.82) is 5.26 Å². The van der Waals surface area contributed by atoms with Crippen LogP contribution >= 0.6 is 0 Å². The fourth-order valence-electron chi connectivity index (χ4n) is 5.16. The fourth-order valence-corrected chi connectivity index (χ4v) is 6.01. The molecule has 31 heavy (non-hydrogen) atoms. The number of hydrogen-bond acceptors (Lipinski definition) is 7. The number of β-amino-alcohol motifs (C(OH)–C–C–N with tert-alkyl or cyclic N) is 1. The molecule has 1 aliphatic carbocycles. The maximum absolute atomic E-state index is 11.7. The van der Waals surface area contributed by atoms with Gasteiger partial charge in [-0.3, -0.25) is 4.90 Å². The summed E-state index contributed by atoms with van der Waals surface area (Å²) in [7, 11) is -0.768. The van der Waals surface area contributed by atoms with Gasteiger partial charge in [-0.25, -0.2) is 8.42 Å². The zero-order valence-electron chi connectivity index (χ0n) is 18.6. The lowest BCUT2D eigenvalue weighted by Gasteiger charge is -2.43. The highest BCUT2D eigenvalue weighted by atomic mass is 32.2. The monoisotopic (exact) mass is 449 g/mol. The molecule has 8 heteroatoms. The fraction of sp³-hybridized carbons (Fsp3) is 0.696. The van der Waals surface area contributed by atoms with Crippen molar-refractivity contribution in [2.24, 2.45) is 11.8 Å². The molecule has 2 bridgehead atoms. The predicted molar refractivity (Wildman–Crippen MR) is 121 cm³/mol. The van der Waals surface area contributed by atoms with Crippen molar-refractivity contribution in [1.82, 2.24) is 9.80 Å². The van der Waals surface area contributed by atoms with Crippen LogP contribution < -0.4 is 4.74 Å². The second-order valence-electron chi connectivity index (χ2n) is 8.98. The molecular formula is C23H35N3O4S. The van der Waals surface area contributed by atoms with Crippen LogP contribution in [0, 0.1) is 23.2 Å². The van der Waals surface area contributed by atoms with E-state index in [1.54, 1.807) is 31.2 Å². The highest BCUT2D eigenvalue weighted by Gasteiger charge is 2.43. The molecule has 2 aliphatic rings. The number of rotatable bonds is 11. The summed E-state index contributed by atoms with van der Waals surface area (Å²) in [6, 6.07) is 9.49. The van der Waals surface area contributed by atoms with E-state index in [4.69, 9.17) is 10.00 Å². The van der Waals surface area contributed by atoms with Crippen molar-refractivity contribution in [2.45, 2.75) is 38.3 Å². The number of nitriles is 1. The standard InChI is InChI=1S/C23H35N3O4S/c1-3-31(28,29)12-4-11-25(2)23-19-7-8-20(23)15-26(14-19)16-21(27)17-30-22-9-5-18(13-24)6-10-22/h5-6,9-10,19-21,23,27H,3-4,7-8,11-12,14-17H2,1-2H3. The summed E-state index contributed by atoms with van der Waals surface area (Å²) in [4.78, 5) is 4.72. The summed E-state index contributed by atoms with van der Waals surface area (Å²) in [6.45, 7) is 5.28. The van der Waals surface area contributed by atoms with Crippen LogP contribution in [0.2, 0.25) is 0 Å². The number of ether oxygens (including phenoxy) is 1. The molecule has 0 radical (unpaired) electrons. The predicted octanol–water partition coefficient (Wildman–Crippen LogP) is 1.76. The molecule has 1 saturated carbocycles. The SMILES string of the molecule is CCS(=O)(=O)CCCN(C)C1C2CCC1CN(CC(O)COc1ccc(C#N)cc1)C2. The quantitative estimate of drug-likeness (QED) is 0.550. The third kappa shape index (κ3) is 6.66. The lowest BCUT2D eigenvalue weighted by atomic mass is 9.90. The number of benzene rings is 1. The van der Waals surface area contributed by atoms with E-state index in [9.17, 15) is 13.5 Å². The smallest absolute Gasteiger partial charge is 0.150 e. The van der Waals surface area contributed by atoms with Crippen molar-refractivity contribution in [3.05, 3.63) is 29.8 Å². The number of aliphatic hydroxyl groups is 1. The Bertz CT molecular complexity index is 839. The summed E-state index contributed by atoms with van der Waals surface area (Å²) in [6.07, 6.45) is 2.52. The van der Waals surface area contributed by atoms with E-state index >= 15 is 0 Å². The number of piperidine rings is 1. The first kappa shape index (κ1) is 24.0. The number of sulfone groups is 1. The van der Waals surface area contributed by atoms with Gasteiger partial charge in [0.1, 0.15) is 28.3 Å². The highest BCUT2D eigenvalue weighted by Crippen LogP contribution is 2.39. The van der Waals surface area contributed by atoms with E-state index < -0.39 is 15.9 Å². The molecule has 1 saturated heterocycles. The number of fused-ring (bicyclic) bond motifs is 2. The van der Waals surface area contributed by atoms with Crippen LogP contribution in [-0.4, -0.2) is 86.8 Å². The van der Waals surface area contributed by atoms with Crippen molar-refractivity contribution in [2.75, 3.05) is 51.3 Å². The van der Waals surface area contributed by atoms with Gasteiger partial charge in [0.05, 0.1) is 17.4 Å². The Hall–Kier alpha value is -1.66. The second-order valence-corrected chi connectivity index (χ2v) is 11.5. The Morgan fingerprint density at radius 3 is 2.48 bits per heavy atom. The molecule has 0 aromatic heterocycles. The van der Waals surface area contributed by atoms with Crippen LogP contribution in [-0.2, 0) is 9.84 Å². The molecule has 3 unspecified atom stereocenters. The van der Waals surface area contributed by atoms with Gasteiger partial charge in [0, 0.05) is 31.4 Å². The molecule has 3 atom stereocenters. The summed E-state index contributed by atoms with van der Waals surface area (Å²) in [5, 5.41) is 19.3. The van der Waals surface area contributed by atoms with Crippen LogP contribution in [0.15, 0.2) is 24.3 Å². The molecule has 2 fully saturated rings. The van der Waals surface area contributed by atoms with Crippen LogP contribution in [0.3, 0.4) is 0 Å². The van der Waals surface area contributed by atoms with Crippen LogP contribution in [0.25, 0.3) is 0 Å². The summed E-state index contributed by atoms with van der Waals surface area (Å²) in [5.74, 6) is 2.28. The minimum atomic E-state index is -2.90. The van der Waals surface area contributed by atoms with Gasteiger partial charge in [0.2, 0.25) is 0 Å². The first-order chi connectivity index (χ1) is 14.8. The van der Waals surface area contributed by atoms with E-state index in [1.807, 2.05) is 0 Å². The largest absolute Gasteiger partial charge is 0.491 e. The molecule has 1 N–H and O–H groups in total. The Morgan fingerprint density at radius 2 is 1.90 bits per heavy atom. The summed E-state index contributed by atoms with van der Waals surface area (Å²) in [5.41, 5.74) is 0.586. The van der Waals surface area contributed by atoms with Crippen LogP contribution in [0.1, 0.15) is 31.7 Å². The van der Waals surface area contributed by atoms with E-state index in [1.165, 1.54) is 12.8 Å². The topological polar surface area (TPSA) is 93.9 Å². The molecule has 1 aromatic rings. The lowest BCUT2D eigenvalue weighted by molar-refractivity contribution is 0.0192. The normalized spacial score (nSPS) is 24.8. The Labute approximate surface area is 186 Å². The van der Waals surface area contributed by atoms with Gasteiger partial charge in [-0.2, -0.15) is 5.26 Å². The first-order valence-corrected chi connectivity index (χ1v) is 13.1. The minimum absolute atomic E-state index is 0.220. The average molecular weight is 450 g/mol. The second kappa shape index (κ2) is 10.8. The van der Waals surface area contributed by atoms with E-state index in [-0.39, 0.29) is 18.1 Å². The zero-order valence-corrected chi connectivity index (χ0v) is 19.4. The van der Waals surface area contributed by atoms with Gasteiger partial charge in [0.25, 0.3) is 0 Å². The molecule has 3 rings (SSSR count). The Morgan fingerprint density at radius 1 is 1.26 bits per heavy atom. The number of nitrogens with zero attached hydrogens (tertiary/aromatic N) is 3. The number of likely N-dealkylation sites (tertiary alicyclic amines) is 1. The molecule has 7 nitrogen and oxygen atoms in total. The molecule has 0 amide bonds. The van der Waals surface area contributed by atoms with Crippen molar-refractivity contribution in [3.8, 4) is 11.8 Å². The third-order valence-corrected chi connectivity index (χ3v) is 8.46. The van der Waals surface area contributed by atoms with E-state index in [0.29, 0.717) is 42.2 Å². The lowest BCUT2D eigenvalue weighted by Crippen LogP contribution is -2.53. The van der Waals surface area contributed by atoms with Crippen LogP contribution in [0.4, 0.5) is 0 Å². The highest BCUT2D eigenvalue weighted by molar-refractivity contribution is 7.91. The Balaban J connectivity index is 1.43. The minimum Gasteiger partial charge on any atom is -0.491 e. The van der Waals surface area contributed by atoms with E-state index in [0.717, 1.165) is 19.6 Å². The van der Waals surface area contributed by atoms with Gasteiger partial charge in [-0.1, -0.05) is 6.92 Å². The number of aliphatic hydroxyl groups excluding tert-OH is 1. The maximum atomic E-state index is 11.7. The molecule has 1 heterocycles. The molecule has 0 spiro atoms. The van der Waals surface area contributed by atoms with Gasteiger partial charge in [-0.15, -0.1) is 0 Å². The van der Waals surface area contributed by atoms with Crippen molar-refractivity contribution >= 4 is 9.84 Å². The molecule has 172 valence electrons. The molecule has 1 aromatic carbocycles. The first-order valence-electron chi connectivity index (χ1n) is 11.3. The summed E-state index contributed by atoms with van der Waals surface area (Å²) >= 11 is 0. The van der Waals surface area contributed by atoms with Crippen molar-refractivity contribution < 1.29 is 18.3 Å². The van der Waals surface area contributed by atoms with Gasteiger partial charge in [0.15, 0.2) is 0 Å². The van der Waals surface area contributed by atoms with Crippen LogP contribution in [0.5, 0.6) is 5.75 Å². The molecular weight excluding hydrogens is 414 g/mol. The van der Waals surface area contributed by atoms with Gasteiger partial charge < -0.3 is 14.7 Å². The van der Waals surface area contributed by atoms with E-state index in [2.05, 4.69) is 22.9 Å². The van der Waals surface area contributed by atoms with Crippen molar-refractivity contribution in [3.63, 3.8) is 0 Å². The maximum Gasteiger partial charge on any atom is 0.150 e. The van der Waals surface area contributed by atoms with Gasteiger partial charge >= 0.3 is 0 Å². The number of hydrogen-bond donors (Lipinski definition) is 1. The Kier molecular flexibility index (Phi) is 8.34.